The van der Waals surface area contributed by atoms with Crippen molar-refractivity contribution in [3.63, 3.8) is 0 Å². The van der Waals surface area contributed by atoms with Crippen LogP contribution in [-0.4, -0.2) is 40.1 Å². The van der Waals surface area contributed by atoms with E-state index in [1.807, 2.05) is 49.4 Å². The van der Waals surface area contributed by atoms with Gasteiger partial charge in [-0.1, -0.05) is 42.5 Å². The molecule has 4 heterocycles. The molecule has 2 aromatic heterocycles. The summed E-state index contributed by atoms with van der Waals surface area (Å²) in [5.41, 5.74) is 1.47. The van der Waals surface area contributed by atoms with Gasteiger partial charge in [0, 0.05) is 36.9 Å². The molecule has 0 amide bonds. The highest BCUT2D eigenvalue weighted by atomic mass is 19.1. The third-order valence-electron chi connectivity index (χ3n) is 6.34. The van der Waals surface area contributed by atoms with E-state index in [1.54, 1.807) is 6.20 Å². The van der Waals surface area contributed by atoms with Gasteiger partial charge in [0.15, 0.2) is 5.82 Å². The van der Waals surface area contributed by atoms with Crippen LogP contribution in [0.25, 0.3) is 32.9 Å². The average Bonchev–Trinajstić information content (AvgIpc) is 3.11. The fourth-order valence-corrected chi connectivity index (χ4v) is 4.98. The van der Waals surface area contributed by atoms with E-state index in [0.29, 0.717) is 34.5 Å². The second kappa shape index (κ2) is 6.71. The summed E-state index contributed by atoms with van der Waals surface area (Å²) in [6.45, 7) is 3.60. The number of hydrogen-bond acceptors (Lipinski definition) is 5. The van der Waals surface area contributed by atoms with Gasteiger partial charge in [0.25, 0.3) is 0 Å². The first-order valence-corrected chi connectivity index (χ1v) is 10.5. The standard InChI is InChI=1S/C24H22FN5/c1-14-27-23-20(24(28-14)30-12-16-9-10-17(13-30)29-16)11-26-22(21(23)25)19-8-4-6-15-5-2-3-7-18(15)19/h2-8,11,16-17,29H,9-10,12-13H2,1H3. The molecule has 2 unspecified atom stereocenters. The summed E-state index contributed by atoms with van der Waals surface area (Å²) in [6.07, 6.45) is 4.11. The van der Waals surface area contributed by atoms with Crippen LogP contribution in [-0.2, 0) is 0 Å². The van der Waals surface area contributed by atoms with Crippen molar-refractivity contribution >= 4 is 27.5 Å². The highest BCUT2D eigenvalue weighted by Gasteiger charge is 2.33. The Morgan fingerprint density at radius 2 is 1.73 bits per heavy atom. The number of rotatable bonds is 2. The smallest absolute Gasteiger partial charge is 0.175 e. The van der Waals surface area contributed by atoms with Crippen molar-refractivity contribution in [1.29, 1.82) is 0 Å². The lowest BCUT2D eigenvalue weighted by atomic mass is 10.0. The van der Waals surface area contributed by atoms with E-state index in [9.17, 15) is 0 Å². The molecule has 5 nitrogen and oxygen atoms in total. The van der Waals surface area contributed by atoms with Crippen LogP contribution in [0.1, 0.15) is 18.7 Å². The minimum atomic E-state index is -0.381. The molecule has 150 valence electrons. The Kier molecular flexibility index (Phi) is 3.96. The van der Waals surface area contributed by atoms with Crippen molar-refractivity contribution < 1.29 is 4.39 Å². The number of fused-ring (bicyclic) bond motifs is 4. The molecule has 0 aliphatic carbocycles. The molecule has 0 spiro atoms. The van der Waals surface area contributed by atoms with Crippen molar-refractivity contribution in [2.24, 2.45) is 0 Å². The van der Waals surface area contributed by atoms with Crippen molar-refractivity contribution in [3.8, 4) is 11.3 Å². The van der Waals surface area contributed by atoms with E-state index in [-0.39, 0.29) is 5.82 Å². The third kappa shape index (κ3) is 2.75. The minimum absolute atomic E-state index is 0.337. The van der Waals surface area contributed by atoms with Gasteiger partial charge in [-0.05, 0) is 30.5 Å². The van der Waals surface area contributed by atoms with Crippen LogP contribution in [0.15, 0.2) is 48.7 Å². The Balaban J connectivity index is 1.53. The first kappa shape index (κ1) is 17.7. The molecule has 2 atom stereocenters. The zero-order chi connectivity index (χ0) is 20.2. The summed E-state index contributed by atoms with van der Waals surface area (Å²) in [7, 11) is 0. The lowest BCUT2D eigenvalue weighted by Gasteiger charge is -2.34. The highest BCUT2D eigenvalue weighted by molar-refractivity contribution is 5.98. The quantitative estimate of drug-likeness (QED) is 0.547. The molecule has 4 aromatic rings. The van der Waals surface area contributed by atoms with E-state index in [2.05, 4.69) is 20.2 Å². The summed E-state index contributed by atoms with van der Waals surface area (Å²) in [5.74, 6) is 0.998. The van der Waals surface area contributed by atoms with E-state index in [4.69, 9.17) is 4.98 Å². The maximum absolute atomic E-state index is 15.8. The fraction of sp³-hybridized carbons (Fsp3) is 0.292. The summed E-state index contributed by atoms with van der Waals surface area (Å²) in [4.78, 5) is 16.0. The van der Waals surface area contributed by atoms with Crippen molar-refractivity contribution in [2.45, 2.75) is 31.8 Å². The topological polar surface area (TPSA) is 53.9 Å². The molecule has 2 aliphatic heterocycles. The van der Waals surface area contributed by atoms with Gasteiger partial charge < -0.3 is 10.2 Å². The Morgan fingerprint density at radius 3 is 2.57 bits per heavy atom. The number of aromatic nitrogens is 3. The molecule has 2 bridgehead atoms. The number of nitrogens with zero attached hydrogens (tertiary/aromatic N) is 4. The molecule has 0 radical (unpaired) electrons. The fourth-order valence-electron chi connectivity index (χ4n) is 4.98. The maximum atomic E-state index is 15.8. The number of nitrogens with one attached hydrogen (secondary N) is 1. The second-order valence-electron chi connectivity index (χ2n) is 8.35. The van der Waals surface area contributed by atoms with E-state index < -0.39 is 0 Å². The van der Waals surface area contributed by atoms with Crippen molar-refractivity contribution in [3.05, 3.63) is 60.3 Å². The lowest BCUT2D eigenvalue weighted by Crippen LogP contribution is -2.51. The van der Waals surface area contributed by atoms with Gasteiger partial charge in [-0.25, -0.2) is 14.4 Å². The average molecular weight is 399 g/mol. The molecule has 30 heavy (non-hydrogen) atoms. The van der Waals surface area contributed by atoms with Gasteiger partial charge in [-0.3, -0.25) is 4.98 Å². The van der Waals surface area contributed by atoms with Crippen molar-refractivity contribution in [1.82, 2.24) is 20.3 Å². The molecule has 0 saturated carbocycles. The summed E-state index contributed by atoms with van der Waals surface area (Å²) in [5, 5.41) is 6.36. The Morgan fingerprint density at radius 1 is 0.967 bits per heavy atom. The first-order chi connectivity index (χ1) is 14.7. The lowest BCUT2D eigenvalue weighted by molar-refractivity contribution is 0.464. The largest absolute Gasteiger partial charge is 0.353 e. The SMILES string of the molecule is Cc1nc(N2CC3CCC(C2)N3)c2cnc(-c3cccc4ccccc34)c(F)c2n1. The molecule has 2 aliphatic rings. The van der Waals surface area contributed by atoms with E-state index >= 15 is 4.39 Å². The number of halogens is 1. The molecule has 2 aromatic carbocycles. The van der Waals surface area contributed by atoms with E-state index in [1.165, 1.54) is 12.8 Å². The summed E-state index contributed by atoms with van der Waals surface area (Å²) >= 11 is 0. The second-order valence-corrected chi connectivity index (χ2v) is 8.35. The van der Waals surface area contributed by atoms with Crippen molar-refractivity contribution in [2.75, 3.05) is 18.0 Å². The van der Waals surface area contributed by atoms with Gasteiger partial charge in [-0.2, -0.15) is 0 Å². The van der Waals surface area contributed by atoms with Crippen LogP contribution >= 0.6 is 0 Å². The Bertz CT molecular complexity index is 1270. The number of pyridine rings is 1. The van der Waals surface area contributed by atoms with Gasteiger partial charge in [0.2, 0.25) is 0 Å². The molecule has 2 fully saturated rings. The predicted molar refractivity (Wildman–Crippen MR) is 117 cm³/mol. The Hall–Kier alpha value is -3.12. The maximum Gasteiger partial charge on any atom is 0.175 e. The van der Waals surface area contributed by atoms with Gasteiger partial charge in [0.1, 0.15) is 22.9 Å². The first-order valence-electron chi connectivity index (χ1n) is 10.5. The van der Waals surface area contributed by atoms with E-state index in [0.717, 1.165) is 35.2 Å². The predicted octanol–water partition coefficient (Wildman–Crippen LogP) is 4.23. The number of anilines is 1. The summed E-state index contributed by atoms with van der Waals surface area (Å²) in [6, 6.07) is 14.8. The molecule has 6 heteroatoms. The van der Waals surface area contributed by atoms with Gasteiger partial charge >= 0.3 is 0 Å². The zero-order valence-corrected chi connectivity index (χ0v) is 16.8. The van der Waals surface area contributed by atoms with Gasteiger partial charge in [-0.15, -0.1) is 0 Å². The molecular formula is C24H22FN5. The van der Waals surface area contributed by atoms with Crippen LogP contribution in [0.5, 0.6) is 0 Å². The monoisotopic (exact) mass is 399 g/mol. The number of hydrogen-bond donors (Lipinski definition) is 1. The van der Waals surface area contributed by atoms with Crippen LogP contribution < -0.4 is 10.2 Å². The molecule has 2 saturated heterocycles. The normalized spacial score (nSPS) is 20.9. The minimum Gasteiger partial charge on any atom is -0.353 e. The van der Waals surface area contributed by atoms with Crippen LogP contribution in [0.4, 0.5) is 10.2 Å². The molecule has 6 rings (SSSR count). The Labute approximate surface area is 174 Å². The molecular weight excluding hydrogens is 377 g/mol. The molecule has 1 N–H and O–H groups in total. The van der Waals surface area contributed by atoms with Crippen LogP contribution in [0.3, 0.4) is 0 Å². The number of benzene rings is 2. The van der Waals surface area contributed by atoms with Crippen LogP contribution in [0.2, 0.25) is 0 Å². The van der Waals surface area contributed by atoms with Crippen LogP contribution in [0, 0.1) is 12.7 Å². The zero-order valence-electron chi connectivity index (χ0n) is 16.8. The van der Waals surface area contributed by atoms with Gasteiger partial charge in [0.05, 0.1) is 5.39 Å². The third-order valence-corrected chi connectivity index (χ3v) is 6.34. The highest BCUT2D eigenvalue weighted by Crippen LogP contribution is 2.35. The number of piperazine rings is 1. The summed E-state index contributed by atoms with van der Waals surface area (Å²) < 4.78 is 15.8. The number of aryl methyl sites for hydroxylation is 1.